The zero-order valence-electron chi connectivity index (χ0n) is 14.5. The molecule has 0 saturated carbocycles. The van der Waals surface area contributed by atoms with E-state index >= 15 is 0 Å². The number of carbonyl (C=O) groups is 2. The molecule has 0 aliphatic carbocycles. The van der Waals surface area contributed by atoms with Gasteiger partial charge in [0.1, 0.15) is 17.9 Å². The van der Waals surface area contributed by atoms with Gasteiger partial charge in [0.25, 0.3) is 5.91 Å². The Morgan fingerprint density at radius 3 is 2.67 bits per heavy atom. The lowest BCUT2D eigenvalue weighted by molar-refractivity contribution is -0.109. The molecule has 3 aromatic carbocycles. The molecule has 4 aromatic rings. The van der Waals surface area contributed by atoms with Gasteiger partial charge >= 0.3 is 0 Å². The van der Waals surface area contributed by atoms with Crippen LogP contribution >= 0.6 is 0 Å². The van der Waals surface area contributed by atoms with E-state index in [1.54, 1.807) is 22.8 Å². The number of rotatable bonds is 6. The molecular weight excluding hydrogens is 342 g/mol. The number of nitrogens with zero attached hydrogens (tertiary/aromatic N) is 2. The number of benzene rings is 3. The average Bonchev–Trinajstić information content (AvgIpc) is 3.05. The molecule has 0 spiro atoms. The normalized spacial score (nSPS) is 11.0. The third-order valence-corrected chi connectivity index (χ3v) is 4.41. The van der Waals surface area contributed by atoms with Gasteiger partial charge in [-0.15, -0.1) is 0 Å². The summed E-state index contributed by atoms with van der Waals surface area (Å²) in [6, 6.07) is 19.5. The minimum Gasteiger partial charge on any atom is -0.484 e. The Kier molecular flexibility index (Phi) is 4.30. The minimum atomic E-state index is -0.617. The predicted molar refractivity (Wildman–Crippen MR) is 103 cm³/mol. The smallest absolute Gasteiger partial charge is 0.284 e. The maximum Gasteiger partial charge on any atom is 0.284 e. The molecule has 0 radical (unpaired) electrons. The first kappa shape index (κ1) is 16.8. The van der Waals surface area contributed by atoms with E-state index in [1.165, 1.54) is 0 Å². The van der Waals surface area contributed by atoms with E-state index in [-0.39, 0.29) is 12.4 Å². The van der Waals surface area contributed by atoms with Crippen molar-refractivity contribution in [2.24, 2.45) is 5.73 Å². The lowest BCUT2D eigenvalue weighted by atomic mass is 10.1. The van der Waals surface area contributed by atoms with Crippen LogP contribution in [0.2, 0.25) is 0 Å². The molecule has 0 fully saturated rings. The molecule has 0 unspecified atom stereocenters. The zero-order chi connectivity index (χ0) is 18.8. The van der Waals surface area contributed by atoms with E-state index in [0.717, 1.165) is 16.3 Å². The number of imidazole rings is 1. The lowest BCUT2D eigenvalue weighted by Crippen LogP contribution is -2.18. The number of para-hydroxylation sites is 1. The Hall–Kier alpha value is -3.67. The molecule has 0 bridgehead atoms. The molecule has 0 aliphatic heterocycles. The summed E-state index contributed by atoms with van der Waals surface area (Å²) in [5.41, 5.74) is 7.79. The van der Waals surface area contributed by atoms with Crippen molar-refractivity contribution >= 4 is 34.0 Å². The van der Waals surface area contributed by atoms with Gasteiger partial charge < -0.3 is 15.0 Å². The van der Waals surface area contributed by atoms with Crippen LogP contribution in [-0.2, 0) is 11.3 Å². The van der Waals surface area contributed by atoms with E-state index < -0.39 is 5.91 Å². The Morgan fingerprint density at radius 1 is 1.07 bits per heavy atom. The molecule has 134 valence electrons. The number of ether oxygens (including phenoxy) is 1. The van der Waals surface area contributed by atoms with Crippen molar-refractivity contribution in [3.63, 3.8) is 0 Å². The van der Waals surface area contributed by atoms with E-state index in [2.05, 4.69) is 11.1 Å². The topological polar surface area (TPSA) is 87.2 Å². The molecule has 1 heterocycles. The monoisotopic (exact) mass is 359 g/mol. The summed E-state index contributed by atoms with van der Waals surface area (Å²) in [5, 5.41) is 2.25. The maximum atomic E-state index is 12.0. The summed E-state index contributed by atoms with van der Waals surface area (Å²) in [6.45, 7) is 0.327. The van der Waals surface area contributed by atoms with Crippen LogP contribution in [0.15, 0.2) is 60.7 Å². The second-order valence-corrected chi connectivity index (χ2v) is 6.17. The van der Waals surface area contributed by atoms with Crippen LogP contribution in [0.5, 0.6) is 5.75 Å². The molecule has 27 heavy (non-hydrogen) atoms. The third-order valence-electron chi connectivity index (χ3n) is 4.41. The molecule has 4 rings (SSSR count). The van der Waals surface area contributed by atoms with Gasteiger partial charge in [0.15, 0.2) is 12.1 Å². The van der Waals surface area contributed by atoms with E-state index in [0.29, 0.717) is 29.6 Å². The first-order valence-electron chi connectivity index (χ1n) is 8.50. The van der Waals surface area contributed by atoms with Gasteiger partial charge in [0.2, 0.25) is 0 Å². The van der Waals surface area contributed by atoms with Gasteiger partial charge in [-0.05, 0) is 34.5 Å². The van der Waals surface area contributed by atoms with Gasteiger partial charge in [0.05, 0.1) is 5.52 Å². The average molecular weight is 359 g/mol. The lowest BCUT2D eigenvalue weighted by Gasteiger charge is -2.11. The molecule has 1 aromatic heterocycles. The van der Waals surface area contributed by atoms with Crippen molar-refractivity contribution in [1.82, 2.24) is 9.55 Å². The standard InChI is InChI=1S/C21H17N3O3/c22-20(26)21-23-17-6-3-7-18(27-11-10-25)19(17)24(21)13-14-8-9-15-4-1-2-5-16(15)12-14/h1-10,12H,11,13H2,(H2,22,26). The van der Waals surface area contributed by atoms with Crippen LogP contribution < -0.4 is 10.5 Å². The van der Waals surface area contributed by atoms with E-state index in [1.807, 2.05) is 36.4 Å². The van der Waals surface area contributed by atoms with E-state index in [9.17, 15) is 9.59 Å². The van der Waals surface area contributed by atoms with E-state index in [4.69, 9.17) is 10.5 Å². The van der Waals surface area contributed by atoms with Gasteiger partial charge in [-0.2, -0.15) is 0 Å². The molecule has 1 amide bonds. The highest BCUT2D eigenvalue weighted by atomic mass is 16.5. The SMILES string of the molecule is NC(=O)c1nc2cccc(OCC=O)c2n1Cc1ccc2ccccc2c1. The number of amides is 1. The number of hydrogen-bond donors (Lipinski definition) is 1. The van der Waals surface area contributed by atoms with Crippen molar-refractivity contribution in [3.05, 3.63) is 72.1 Å². The highest BCUT2D eigenvalue weighted by Gasteiger charge is 2.19. The molecule has 0 aliphatic rings. The molecule has 6 heteroatoms. The van der Waals surface area contributed by atoms with Crippen molar-refractivity contribution in [2.75, 3.05) is 6.61 Å². The Balaban J connectivity index is 1.85. The summed E-state index contributed by atoms with van der Waals surface area (Å²) in [7, 11) is 0. The second kappa shape index (κ2) is 6.92. The molecule has 2 N–H and O–H groups in total. The highest BCUT2D eigenvalue weighted by Crippen LogP contribution is 2.28. The molecule has 0 saturated heterocycles. The van der Waals surface area contributed by atoms with Crippen LogP contribution in [0.25, 0.3) is 21.8 Å². The first-order chi connectivity index (χ1) is 13.2. The Morgan fingerprint density at radius 2 is 1.89 bits per heavy atom. The first-order valence-corrected chi connectivity index (χ1v) is 8.50. The van der Waals surface area contributed by atoms with Gasteiger partial charge in [-0.1, -0.05) is 42.5 Å². The molecule has 0 atom stereocenters. The van der Waals surface area contributed by atoms with Crippen LogP contribution in [-0.4, -0.2) is 28.4 Å². The van der Waals surface area contributed by atoms with Crippen molar-refractivity contribution in [3.8, 4) is 5.75 Å². The van der Waals surface area contributed by atoms with Crippen LogP contribution in [0.3, 0.4) is 0 Å². The fourth-order valence-electron chi connectivity index (χ4n) is 3.25. The van der Waals surface area contributed by atoms with Crippen LogP contribution in [0, 0.1) is 0 Å². The van der Waals surface area contributed by atoms with Crippen LogP contribution in [0.1, 0.15) is 16.2 Å². The number of carbonyl (C=O) groups excluding carboxylic acids is 2. The van der Waals surface area contributed by atoms with Gasteiger partial charge in [-0.25, -0.2) is 4.98 Å². The quantitative estimate of drug-likeness (QED) is 0.536. The third kappa shape index (κ3) is 3.13. The van der Waals surface area contributed by atoms with Crippen molar-refractivity contribution < 1.29 is 14.3 Å². The minimum absolute atomic E-state index is 0.0772. The van der Waals surface area contributed by atoms with Gasteiger partial charge in [-0.3, -0.25) is 9.59 Å². The van der Waals surface area contributed by atoms with Crippen molar-refractivity contribution in [1.29, 1.82) is 0 Å². The summed E-state index contributed by atoms with van der Waals surface area (Å²) in [5.74, 6) is 0.0222. The number of aldehydes is 1. The number of primary amides is 1. The molecule has 6 nitrogen and oxygen atoms in total. The van der Waals surface area contributed by atoms with Crippen molar-refractivity contribution in [2.45, 2.75) is 6.54 Å². The van der Waals surface area contributed by atoms with Gasteiger partial charge in [0, 0.05) is 6.54 Å². The summed E-state index contributed by atoms with van der Waals surface area (Å²) in [6.07, 6.45) is 0.678. The fraction of sp³-hybridized carbons (Fsp3) is 0.0952. The summed E-state index contributed by atoms with van der Waals surface area (Å²) >= 11 is 0. The number of nitrogens with two attached hydrogens (primary N) is 1. The predicted octanol–water partition coefficient (Wildman–Crippen LogP) is 2.91. The molecular formula is C21H17N3O3. The maximum absolute atomic E-state index is 12.0. The number of hydrogen-bond acceptors (Lipinski definition) is 4. The largest absolute Gasteiger partial charge is 0.484 e. The summed E-state index contributed by atoms with van der Waals surface area (Å²) < 4.78 is 7.27. The fourth-order valence-corrected chi connectivity index (χ4v) is 3.25. The Bertz CT molecular complexity index is 1160. The number of aromatic nitrogens is 2. The van der Waals surface area contributed by atoms with Crippen LogP contribution in [0.4, 0.5) is 0 Å². The summed E-state index contributed by atoms with van der Waals surface area (Å²) in [4.78, 5) is 27.0. The highest BCUT2D eigenvalue weighted by molar-refractivity contribution is 5.95. The second-order valence-electron chi connectivity index (χ2n) is 6.17. The number of fused-ring (bicyclic) bond motifs is 2. The Labute approximate surface area is 155 Å². The zero-order valence-corrected chi connectivity index (χ0v) is 14.5.